The van der Waals surface area contributed by atoms with Gasteiger partial charge in [0.2, 0.25) is 5.91 Å². The van der Waals surface area contributed by atoms with Gasteiger partial charge in [-0.1, -0.05) is 42.5 Å². The van der Waals surface area contributed by atoms with Gasteiger partial charge in [0.25, 0.3) is 5.91 Å². The number of benzene rings is 2. The van der Waals surface area contributed by atoms with E-state index in [1.54, 1.807) is 16.8 Å². The van der Waals surface area contributed by atoms with Gasteiger partial charge in [-0.15, -0.1) is 0 Å². The van der Waals surface area contributed by atoms with Gasteiger partial charge in [0.05, 0.1) is 11.9 Å². The predicted octanol–water partition coefficient (Wildman–Crippen LogP) is 3.28. The maximum Gasteiger partial charge on any atom is 0.257 e. The van der Waals surface area contributed by atoms with Crippen LogP contribution in [0.15, 0.2) is 73.1 Å². The Kier molecular flexibility index (Phi) is 5.03. The van der Waals surface area contributed by atoms with Gasteiger partial charge >= 0.3 is 0 Å². The second-order valence-electron chi connectivity index (χ2n) is 6.55. The Morgan fingerprint density at radius 1 is 1.03 bits per heavy atom. The van der Waals surface area contributed by atoms with Crippen LogP contribution in [0.2, 0.25) is 0 Å². The first-order valence-electron chi connectivity index (χ1n) is 9.15. The number of nitrogens with one attached hydrogen (secondary N) is 2. The van der Waals surface area contributed by atoms with Crippen molar-refractivity contribution in [1.29, 1.82) is 0 Å². The van der Waals surface area contributed by atoms with Gasteiger partial charge in [-0.2, -0.15) is 5.10 Å². The molecule has 2 N–H and O–H groups in total. The molecule has 0 aliphatic heterocycles. The van der Waals surface area contributed by atoms with Crippen molar-refractivity contribution in [3.63, 3.8) is 0 Å². The topological polar surface area (TPSA) is 88.4 Å². The number of aromatic nitrogens is 3. The zero-order chi connectivity index (χ0) is 20.2. The second kappa shape index (κ2) is 7.93. The van der Waals surface area contributed by atoms with Gasteiger partial charge in [-0.25, -0.2) is 9.50 Å². The van der Waals surface area contributed by atoms with E-state index >= 15 is 0 Å². The fraction of sp³-hybridized carbons (Fsp3) is 0.0909. The van der Waals surface area contributed by atoms with Crippen molar-refractivity contribution in [2.75, 3.05) is 5.32 Å². The first-order valence-corrected chi connectivity index (χ1v) is 9.15. The van der Waals surface area contributed by atoms with Crippen molar-refractivity contribution in [2.45, 2.75) is 13.5 Å². The van der Waals surface area contributed by atoms with E-state index < -0.39 is 0 Å². The van der Waals surface area contributed by atoms with Crippen molar-refractivity contribution in [2.24, 2.45) is 0 Å². The van der Waals surface area contributed by atoms with Crippen LogP contribution in [-0.2, 0) is 11.3 Å². The summed E-state index contributed by atoms with van der Waals surface area (Å²) >= 11 is 0. The molecule has 2 aromatic heterocycles. The van der Waals surface area contributed by atoms with E-state index in [-0.39, 0.29) is 11.8 Å². The van der Waals surface area contributed by atoms with Crippen molar-refractivity contribution in [1.82, 2.24) is 19.9 Å². The summed E-state index contributed by atoms with van der Waals surface area (Å²) in [4.78, 5) is 28.3. The van der Waals surface area contributed by atoms with Crippen molar-refractivity contribution < 1.29 is 9.59 Å². The molecule has 0 radical (unpaired) electrons. The first kappa shape index (κ1) is 18.4. The molecule has 144 valence electrons. The van der Waals surface area contributed by atoms with E-state index in [2.05, 4.69) is 20.7 Å². The quantitative estimate of drug-likeness (QED) is 0.552. The van der Waals surface area contributed by atoms with Crippen LogP contribution in [0.5, 0.6) is 0 Å². The average Bonchev–Trinajstić information content (AvgIpc) is 3.17. The molecule has 2 heterocycles. The van der Waals surface area contributed by atoms with Crippen LogP contribution in [0, 0.1) is 0 Å². The van der Waals surface area contributed by atoms with Crippen molar-refractivity contribution in [3.8, 4) is 11.3 Å². The molecule has 0 bridgehead atoms. The van der Waals surface area contributed by atoms with Gasteiger partial charge < -0.3 is 10.6 Å². The fourth-order valence-corrected chi connectivity index (χ4v) is 3.12. The van der Waals surface area contributed by atoms with Gasteiger partial charge in [0.15, 0.2) is 5.65 Å². The highest BCUT2D eigenvalue weighted by molar-refractivity contribution is 5.99. The minimum atomic E-state index is -0.261. The van der Waals surface area contributed by atoms with Crippen LogP contribution in [0.3, 0.4) is 0 Å². The minimum absolute atomic E-state index is 0.141. The summed E-state index contributed by atoms with van der Waals surface area (Å²) in [6.07, 6.45) is 3.20. The van der Waals surface area contributed by atoms with E-state index in [4.69, 9.17) is 0 Å². The van der Waals surface area contributed by atoms with Crippen LogP contribution >= 0.6 is 0 Å². The lowest BCUT2D eigenvalue weighted by Crippen LogP contribution is -2.23. The zero-order valence-electron chi connectivity index (χ0n) is 15.8. The van der Waals surface area contributed by atoms with Crippen LogP contribution < -0.4 is 10.6 Å². The number of amides is 2. The Balaban J connectivity index is 1.55. The summed E-state index contributed by atoms with van der Waals surface area (Å²) in [6, 6.07) is 19.0. The normalized spacial score (nSPS) is 10.7. The Hall–Kier alpha value is -4.00. The third-order valence-corrected chi connectivity index (χ3v) is 4.42. The number of carbonyl (C=O) groups is 2. The number of carbonyl (C=O) groups excluding carboxylic acids is 2. The summed E-state index contributed by atoms with van der Waals surface area (Å²) in [5, 5.41) is 9.98. The number of nitrogens with zero attached hydrogens (tertiary/aromatic N) is 3. The Labute approximate surface area is 167 Å². The molecule has 0 fully saturated rings. The Morgan fingerprint density at radius 3 is 2.66 bits per heavy atom. The molecule has 0 saturated carbocycles. The lowest BCUT2D eigenvalue weighted by Gasteiger charge is -2.08. The SMILES string of the molecule is CC(=O)Nc1cccc(CNC(=O)c2cnn3c(-c4ccccc4)ccnc23)c1. The highest BCUT2D eigenvalue weighted by Crippen LogP contribution is 2.20. The molecule has 7 heteroatoms. The van der Waals surface area contributed by atoms with Crippen LogP contribution in [0.25, 0.3) is 16.9 Å². The Morgan fingerprint density at radius 2 is 1.86 bits per heavy atom. The molecule has 0 saturated heterocycles. The second-order valence-corrected chi connectivity index (χ2v) is 6.55. The number of hydrogen-bond acceptors (Lipinski definition) is 4. The van der Waals surface area contributed by atoms with E-state index in [0.717, 1.165) is 16.8 Å². The zero-order valence-corrected chi connectivity index (χ0v) is 15.8. The van der Waals surface area contributed by atoms with E-state index in [0.29, 0.717) is 23.4 Å². The maximum atomic E-state index is 12.7. The number of anilines is 1. The molecule has 0 spiro atoms. The smallest absolute Gasteiger partial charge is 0.257 e. The molecule has 4 aromatic rings. The molecule has 2 amide bonds. The highest BCUT2D eigenvalue weighted by Gasteiger charge is 2.16. The predicted molar refractivity (Wildman–Crippen MR) is 110 cm³/mol. The fourth-order valence-electron chi connectivity index (χ4n) is 3.12. The lowest BCUT2D eigenvalue weighted by molar-refractivity contribution is -0.114. The third kappa shape index (κ3) is 3.98. The average molecular weight is 385 g/mol. The van der Waals surface area contributed by atoms with Gasteiger partial charge in [-0.05, 0) is 23.8 Å². The summed E-state index contributed by atoms with van der Waals surface area (Å²) < 4.78 is 1.67. The van der Waals surface area contributed by atoms with E-state index in [1.807, 2.05) is 54.6 Å². The lowest BCUT2D eigenvalue weighted by atomic mass is 10.1. The molecule has 0 aliphatic carbocycles. The summed E-state index contributed by atoms with van der Waals surface area (Å²) in [5.74, 6) is -0.402. The minimum Gasteiger partial charge on any atom is -0.348 e. The summed E-state index contributed by atoms with van der Waals surface area (Å²) in [5.41, 5.74) is 4.31. The number of fused-ring (bicyclic) bond motifs is 1. The van der Waals surface area contributed by atoms with Crippen LogP contribution in [0.1, 0.15) is 22.8 Å². The Bertz CT molecular complexity index is 1180. The summed E-state index contributed by atoms with van der Waals surface area (Å²) in [7, 11) is 0. The largest absolute Gasteiger partial charge is 0.348 e. The standard InChI is InChI=1S/C22H19N5O2/c1-15(28)26-18-9-5-6-16(12-18)13-24-22(29)19-14-25-27-20(10-11-23-21(19)27)17-7-3-2-4-8-17/h2-12,14H,13H2,1H3,(H,24,29)(H,26,28). The maximum absolute atomic E-state index is 12.7. The molecule has 7 nitrogen and oxygen atoms in total. The number of hydrogen-bond donors (Lipinski definition) is 2. The molecular formula is C22H19N5O2. The molecule has 0 atom stereocenters. The van der Waals surface area contributed by atoms with Crippen molar-refractivity contribution in [3.05, 3.63) is 84.2 Å². The monoisotopic (exact) mass is 385 g/mol. The summed E-state index contributed by atoms with van der Waals surface area (Å²) in [6.45, 7) is 1.78. The van der Waals surface area contributed by atoms with Crippen LogP contribution in [-0.4, -0.2) is 26.4 Å². The first-order chi connectivity index (χ1) is 14.1. The molecule has 0 aliphatic rings. The number of rotatable bonds is 5. The molecule has 29 heavy (non-hydrogen) atoms. The van der Waals surface area contributed by atoms with E-state index in [9.17, 15) is 9.59 Å². The molecule has 2 aromatic carbocycles. The van der Waals surface area contributed by atoms with Gasteiger partial charge in [-0.3, -0.25) is 9.59 Å². The van der Waals surface area contributed by atoms with E-state index in [1.165, 1.54) is 13.1 Å². The highest BCUT2D eigenvalue weighted by atomic mass is 16.2. The molecule has 4 rings (SSSR count). The molecule has 0 unspecified atom stereocenters. The van der Waals surface area contributed by atoms with Crippen molar-refractivity contribution >= 4 is 23.1 Å². The molecular weight excluding hydrogens is 366 g/mol. The third-order valence-electron chi connectivity index (χ3n) is 4.42. The van der Waals surface area contributed by atoms with Gasteiger partial charge in [0, 0.05) is 30.9 Å². The van der Waals surface area contributed by atoms with Gasteiger partial charge in [0.1, 0.15) is 5.56 Å². The van der Waals surface area contributed by atoms with Crippen LogP contribution in [0.4, 0.5) is 5.69 Å².